The lowest BCUT2D eigenvalue weighted by Gasteiger charge is -2.22. The summed E-state index contributed by atoms with van der Waals surface area (Å²) in [7, 11) is 0. The van der Waals surface area contributed by atoms with Crippen molar-refractivity contribution in [2.24, 2.45) is 0 Å². The van der Waals surface area contributed by atoms with Crippen LogP contribution in [0.15, 0.2) is 103 Å². The summed E-state index contributed by atoms with van der Waals surface area (Å²) in [6, 6.07) is 28.8. The van der Waals surface area contributed by atoms with E-state index in [4.69, 9.17) is 0 Å². The first-order valence-corrected chi connectivity index (χ1v) is 11.8. The number of aryl methyl sites for hydroxylation is 1. The molecule has 0 amide bonds. The van der Waals surface area contributed by atoms with Gasteiger partial charge in [-0.15, -0.1) is 0 Å². The van der Waals surface area contributed by atoms with Crippen LogP contribution in [0.1, 0.15) is 28.2 Å². The van der Waals surface area contributed by atoms with Crippen LogP contribution in [0.25, 0.3) is 22.3 Å². The highest BCUT2D eigenvalue weighted by molar-refractivity contribution is 5.78. The van der Waals surface area contributed by atoms with E-state index in [0.29, 0.717) is 27.8 Å². The molecule has 5 aromatic rings. The maximum Gasteiger partial charge on any atom is 0.126 e. The fourth-order valence-electron chi connectivity index (χ4n) is 4.73. The molecule has 0 unspecified atom stereocenters. The van der Waals surface area contributed by atoms with Gasteiger partial charge in [-0.05, 0) is 71.6 Å². The Morgan fingerprint density at radius 2 is 0.892 bits per heavy atom. The molecule has 0 aromatic heterocycles. The monoisotopic (exact) mass is 492 g/mol. The maximum absolute atomic E-state index is 14.2. The molecular formula is C32H25FO4. The zero-order valence-electron chi connectivity index (χ0n) is 20.1. The van der Waals surface area contributed by atoms with Gasteiger partial charge < -0.3 is 20.4 Å². The van der Waals surface area contributed by atoms with Crippen molar-refractivity contribution in [3.8, 4) is 45.3 Å². The van der Waals surface area contributed by atoms with Crippen molar-refractivity contribution < 1.29 is 24.8 Å². The molecule has 0 fully saturated rings. The van der Waals surface area contributed by atoms with Gasteiger partial charge in [0.15, 0.2) is 0 Å². The fraction of sp³-hybridized carbons (Fsp3) is 0.0625. The summed E-state index contributed by atoms with van der Waals surface area (Å²) in [5, 5.41) is 42.2. The number of phenols is 4. The minimum atomic E-state index is -0.408. The molecule has 0 aliphatic carbocycles. The highest BCUT2D eigenvalue weighted by Crippen LogP contribution is 2.43. The largest absolute Gasteiger partial charge is 0.507 e. The Balaban J connectivity index is 1.73. The van der Waals surface area contributed by atoms with Gasteiger partial charge in [-0.3, -0.25) is 0 Å². The summed E-state index contributed by atoms with van der Waals surface area (Å²) in [5.41, 5.74) is 4.75. The van der Waals surface area contributed by atoms with Crippen molar-refractivity contribution >= 4 is 0 Å². The van der Waals surface area contributed by atoms with Crippen molar-refractivity contribution in [2.75, 3.05) is 0 Å². The molecule has 0 saturated carbocycles. The Morgan fingerprint density at radius 3 is 1.35 bits per heavy atom. The quantitative estimate of drug-likeness (QED) is 0.192. The average Bonchev–Trinajstić information content (AvgIpc) is 2.89. The minimum Gasteiger partial charge on any atom is -0.507 e. The summed E-state index contributed by atoms with van der Waals surface area (Å²) in [4.78, 5) is 0. The van der Waals surface area contributed by atoms with Gasteiger partial charge in [-0.1, -0.05) is 60.7 Å². The van der Waals surface area contributed by atoms with Gasteiger partial charge in [0.2, 0.25) is 0 Å². The van der Waals surface area contributed by atoms with Crippen LogP contribution in [0.2, 0.25) is 0 Å². The molecule has 0 heterocycles. The molecule has 0 aliphatic rings. The van der Waals surface area contributed by atoms with Crippen molar-refractivity contribution in [1.82, 2.24) is 0 Å². The second-order valence-corrected chi connectivity index (χ2v) is 9.03. The number of aromatic hydroxyl groups is 4. The highest BCUT2D eigenvalue weighted by atomic mass is 19.1. The van der Waals surface area contributed by atoms with Gasteiger partial charge in [-0.25, -0.2) is 4.39 Å². The zero-order chi connectivity index (χ0) is 26.1. The standard InChI is InChI=1S/C32H25FO4/c1-19-16-20(10-13-27(19)33)32(21-11-14-30(36)25(17-21)23-6-2-4-8-28(23)34)22-12-15-31(37)26(18-22)24-7-3-5-9-29(24)35/h2-18,32,34-37H,1H3. The maximum atomic E-state index is 14.2. The Morgan fingerprint density at radius 1 is 0.486 bits per heavy atom. The first kappa shape index (κ1) is 23.9. The lowest BCUT2D eigenvalue weighted by Crippen LogP contribution is -2.05. The minimum absolute atomic E-state index is 0.0138. The second-order valence-electron chi connectivity index (χ2n) is 9.03. The Hall–Kier alpha value is -4.77. The molecule has 0 aliphatic heterocycles. The SMILES string of the molecule is Cc1cc(C(c2ccc(O)c(-c3ccccc3O)c2)c2ccc(O)c(-c3ccccc3O)c2)ccc1F. The molecule has 4 nitrogen and oxygen atoms in total. The lowest BCUT2D eigenvalue weighted by molar-refractivity contribution is 0.468. The smallest absolute Gasteiger partial charge is 0.126 e. The molecule has 184 valence electrons. The summed E-state index contributed by atoms with van der Waals surface area (Å²) in [6.07, 6.45) is 0. The van der Waals surface area contributed by atoms with Crippen LogP contribution in [0.4, 0.5) is 4.39 Å². The van der Waals surface area contributed by atoms with Gasteiger partial charge >= 0.3 is 0 Å². The van der Waals surface area contributed by atoms with Gasteiger partial charge in [-0.2, -0.15) is 0 Å². The first-order chi connectivity index (χ1) is 17.8. The number of rotatable bonds is 5. The number of phenolic OH excluding ortho intramolecular Hbond substituents is 4. The summed E-state index contributed by atoms with van der Waals surface area (Å²) >= 11 is 0. The molecule has 5 aromatic carbocycles. The van der Waals surface area contributed by atoms with Crippen LogP contribution in [0.3, 0.4) is 0 Å². The van der Waals surface area contributed by atoms with Crippen molar-refractivity contribution in [2.45, 2.75) is 12.8 Å². The number of benzene rings is 5. The van der Waals surface area contributed by atoms with Crippen LogP contribution in [0, 0.1) is 12.7 Å². The van der Waals surface area contributed by atoms with Gasteiger partial charge in [0.25, 0.3) is 0 Å². The molecule has 0 saturated heterocycles. The van der Waals surface area contributed by atoms with Gasteiger partial charge in [0, 0.05) is 28.2 Å². The predicted octanol–water partition coefficient (Wildman–Crippen LogP) is 7.47. The summed E-state index contributed by atoms with van der Waals surface area (Å²) in [5.74, 6) is -0.621. The molecule has 37 heavy (non-hydrogen) atoms. The van der Waals surface area contributed by atoms with Crippen LogP contribution >= 0.6 is 0 Å². The normalized spacial score (nSPS) is 11.1. The van der Waals surface area contributed by atoms with Gasteiger partial charge in [0.1, 0.15) is 28.8 Å². The third kappa shape index (κ3) is 4.59. The topological polar surface area (TPSA) is 80.9 Å². The Bertz CT molecular complexity index is 1510. The molecule has 0 radical (unpaired) electrons. The second kappa shape index (κ2) is 9.70. The third-order valence-electron chi connectivity index (χ3n) is 6.61. The van der Waals surface area contributed by atoms with E-state index in [1.165, 1.54) is 6.07 Å². The van der Waals surface area contributed by atoms with Crippen molar-refractivity contribution in [3.63, 3.8) is 0 Å². The lowest BCUT2D eigenvalue weighted by atomic mass is 9.82. The third-order valence-corrected chi connectivity index (χ3v) is 6.61. The van der Waals surface area contributed by atoms with Crippen molar-refractivity contribution in [1.29, 1.82) is 0 Å². The Kier molecular flexibility index (Phi) is 6.28. The average molecular weight is 493 g/mol. The van der Waals surface area contributed by atoms with E-state index in [9.17, 15) is 24.8 Å². The van der Waals surface area contributed by atoms with Crippen LogP contribution < -0.4 is 0 Å². The van der Waals surface area contributed by atoms with E-state index in [0.717, 1.165) is 16.7 Å². The number of para-hydroxylation sites is 2. The number of hydrogen-bond acceptors (Lipinski definition) is 4. The van der Waals surface area contributed by atoms with Crippen LogP contribution in [0.5, 0.6) is 23.0 Å². The van der Waals surface area contributed by atoms with E-state index in [2.05, 4.69) is 0 Å². The summed E-state index contributed by atoms with van der Waals surface area (Å²) in [6.45, 7) is 1.70. The summed E-state index contributed by atoms with van der Waals surface area (Å²) < 4.78 is 14.2. The predicted molar refractivity (Wildman–Crippen MR) is 142 cm³/mol. The van der Waals surface area contributed by atoms with Gasteiger partial charge in [0.05, 0.1) is 0 Å². The first-order valence-electron chi connectivity index (χ1n) is 11.8. The van der Waals surface area contributed by atoms with Crippen LogP contribution in [-0.2, 0) is 0 Å². The molecular weight excluding hydrogens is 467 g/mol. The highest BCUT2D eigenvalue weighted by Gasteiger charge is 2.22. The number of halogens is 1. The molecule has 5 rings (SSSR count). The Labute approximate surface area is 214 Å². The molecule has 0 atom stereocenters. The molecule has 0 spiro atoms. The zero-order valence-corrected chi connectivity index (χ0v) is 20.1. The van der Waals surface area contributed by atoms with E-state index in [1.54, 1.807) is 104 Å². The molecule has 4 N–H and O–H groups in total. The van der Waals surface area contributed by atoms with Crippen molar-refractivity contribution in [3.05, 3.63) is 131 Å². The molecule has 5 heteroatoms. The number of hydrogen-bond donors (Lipinski definition) is 4. The van der Waals surface area contributed by atoms with E-state index >= 15 is 0 Å². The molecule has 0 bridgehead atoms. The van der Waals surface area contributed by atoms with E-state index in [1.807, 2.05) is 0 Å². The van der Waals surface area contributed by atoms with Crippen LogP contribution in [-0.4, -0.2) is 20.4 Å². The van der Waals surface area contributed by atoms with E-state index in [-0.39, 0.29) is 28.8 Å². The van der Waals surface area contributed by atoms with E-state index < -0.39 is 5.92 Å². The fourth-order valence-corrected chi connectivity index (χ4v) is 4.73.